The van der Waals surface area contributed by atoms with Crippen LogP contribution in [-0.4, -0.2) is 32.8 Å². The van der Waals surface area contributed by atoms with Crippen molar-refractivity contribution in [2.45, 2.75) is 0 Å². The van der Waals surface area contributed by atoms with E-state index in [1.165, 1.54) is 24.5 Å². The fourth-order valence-electron chi connectivity index (χ4n) is 2.37. The van der Waals surface area contributed by atoms with Gasteiger partial charge in [-0.3, -0.25) is 14.4 Å². The number of aromatic amines is 1. The van der Waals surface area contributed by atoms with E-state index < -0.39 is 17.7 Å². The predicted molar refractivity (Wildman–Crippen MR) is 103 cm³/mol. The molecule has 10 heteroatoms. The van der Waals surface area contributed by atoms with Gasteiger partial charge in [0.25, 0.3) is 17.7 Å². The van der Waals surface area contributed by atoms with Crippen LogP contribution < -0.4 is 16.4 Å². The Hall–Kier alpha value is -3.85. The molecule has 0 aliphatic carbocycles. The van der Waals surface area contributed by atoms with Crippen LogP contribution in [0.5, 0.6) is 5.75 Å². The average Bonchev–Trinajstić information content (AvgIpc) is 3.13. The molecule has 0 bridgehead atoms. The fraction of sp³-hybridized carbons (Fsp3) is 0. The number of aromatic nitrogens is 2. The molecule has 0 unspecified atom stereocenters. The molecule has 0 radical (unpaired) electrons. The smallest absolute Gasteiger partial charge is 0.274 e. The molecule has 3 amide bonds. The van der Waals surface area contributed by atoms with Crippen molar-refractivity contribution in [3.63, 3.8) is 0 Å². The van der Waals surface area contributed by atoms with Crippen LogP contribution in [0.15, 0.2) is 48.8 Å². The highest BCUT2D eigenvalue weighted by atomic mass is 35.5. The van der Waals surface area contributed by atoms with Crippen LogP contribution >= 0.6 is 11.6 Å². The number of benzene rings is 2. The van der Waals surface area contributed by atoms with Crippen molar-refractivity contribution in [1.82, 2.24) is 9.97 Å². The van der Waals surface area contributed by atoms with Gasteiger partial charge >= 0.3 is 0 Å². The Balaban J connectivity index is 1.68. The van der Waals surface area contributed by atoms with Crippen molar-refractivity contribution in [2.24, 2.45) is 5.73 Å². The van der Waals surface area contributed by atoms with Crippen LogP contribution in [0.3, 0.4) is 0 Å². The number of phenolic OH excluding ortho intramolecular Hbond substituents is 1. The second-order valence-electron chi connectivity index (χ2n) is 5.64. The second kappa shape index (κ2) is 7.80. The van der Waals surface area contributed by atoms with Gasteiger partial charge in [0, 0.05) is 11.4 Å². The molecule has 6 N–H and O–H groups in total. The normalized spacial score (nSPS) is 10.3. The molecule has 0 aliphatic heterocycles. The van der Waals surface area contributed by atoms with E-state index in [0.717, 1.165) is 0 Å². The number of anilines is 2. The molecular formula is C18H14ClN5O4. The molecule has 0 fully saturated rings. The minimum Gasteiger partial charge on any atom is -0.508 e. The quantitative estimate of drug-likeness (QED) is 0.446. The SMILES string of the molecule is NC(=O)c1nc[nH]c1C(=O)Nc1ccc(NC(=O)c2ccc(O)cc2Cl)cc1. The number of nitrogens with zero attached hydrogens (tertiary/aromatic N) is 1. The van der Waals surface area contributed by atoms with Crippen molar-refractivity contribution in [3.8, 4) is 5.75 Å². The lowest BCUT2D eigenvalue weighted by molar-refractivity contribution is 0.0972. The van der Waals surface area contributed by atoms with E-state index in [9.17, 15) is 19.5 Å². The van der Waals surface area contributed by atoms with Crippen molar-refractivity contribution in [3.05, 3.63) is 70.8 Å². The van der Waals surface area contributed by atoms with E-state index in [2.05, 4.69) is 20.6 Å². The number of rotatable bonds is 5. The maximum Gasteiger partial charge on any atom is 0.274 e. The molecule has 142 valence electrons. The molecule has 0 aliphatic rings. The number of imidazole rings is 1. The Morgan fingerprint density at radius 1 is 1.00 bits per heavy atom. The number of phenols is 1. The molecule has 9 nitrogen and oxygen atoms in total. The van der Waals surface area contributed by atoms with Gasteiger partial charge in [0.05, 0.1) is 16.9 Å². The zero-order valence-corrected chi connectivity index (χ0v) is 14.9. The summed E-state index contributed by atoms with van der Waals surface area (Å²) in [5.41, 5.74) is 6.04. The van der Waals surface area contributed by atoms with Crippen molar-refractivity contribution < 1.29 is 19.5 Å². The summed E-state index contributed by atoms with van der Waals surface area (Å²) in [5, 5.41) is 14.7. The lowest BCUT2D eigenvalue weighted by Crippen LogP contribution is -2.20. The summed E-state index contributed by atoms with van der Waals surface area (Å²) in [6, 6.07) is 10.3. The van der Waals surface area contributed by atoms with Gasteiger partial charge in [-0.15, -0.1) is 0 Å². The van der Waals surface area contributed by atoms with Gasteiger partial charge in [0.1, 0.15) is 11.4 Å². The number of nitrogens with two attached hydrogens (primary N) is 1. The first-order valence-corrected chi connectivity index (χ1v) is 8.27. The number of nitrogens with one attached hydrogen (secondary N) is 3. The van der Waals surface area contributed by atoms with E-state index in [-0.39, 0.29) is 27.7 Å². The molecule has 0 atom stereocenters. The van der Waals surface area contributed by atoms with Gasteiger partial charge in [-0.05, 0) is 42.5 Å². The summed E-state index contributed by atoms with van der Waals surface area (Å²) in [6.45, 7) is 0. The number of halogens is 1. The van der Waals surface area contributed by atoms with E-state index in [0.29, 0.717) is 11.4 Å². The maximum absolute atomic E-state index is 12.3. The first kappa shape index (κ1) is 18.9. The van der Waals surface area contributed by atoms with Gasteiger partial charge in [0.15, 0.2) is 5.69 Å². The van der Waals surface area contributed by atoms with Gasteiger partial charge in [-0.1, -0.05) is 11.6 Å². The van der Waals surface area contributed by atoms with Crippen molar-refractivity contribution in [1.29, 1.82) is 0 Å². The molecule has 0 saturated carbocycles. The standard InChI is InChI=1S/C18H14ClN5O4/c19-13-7-11(25)5-6-12(13)17(27)23-9-1-3-10(4-2-9)24-18(28)15-14(16(20)26)21-8-22-15/h1-8,25H,(H2,20,26)(H,21,22)(H,23,27)(H,24,28). The van der Waals surface area contributed by atoms with Crippen molar-refractivity contribution >= 4 is 40.7 Å². The van der Waals surface area contributed by atoms with Crippen LogP contribution in [0.25, 0.3) is 0 Å². The fourth-order valence-corrected chi connectivity index (χ4v) is 2.63. The molecular weight excluding hydrogens is 386 g/mol. The first-order chi connectivity index (χ1) is 13.3. The van der Waals surface area contributed by atoms with Gasteiger partial charge in [-0.25, -0.2) is 4.98 Å². The third kappa shape index (κ3) is 4.10. The number of aromatic hydroxyl groups is 1. The van der Waals surface area contributed by atoms with Crippen LogP contribution in [0, 0.1) is 0 Å². The summed E-state index contributed by atoms with van der Waals surface area (Å²) < 4.78 is 0. The van der Waals surface area contributed by atoms with E-state index >= 15 is 0 Å². The topological polar surface area (TPSA) is 150 Å². The van der Waals surface area contributed by atoms with Crippen molar-refractivity contribution in [2.75, 3.05) is 10.6 Å². The van der Waals surface area contributed by atoms with E-state index in [1.54, 1.807) is 24.3 Å². The highest BCUT2D eigenvalue weighted by Crippen LogP contribution is 2.23. The predicted octanol–water partition coefficient (Wildman–Crippen LogP) is 2.37. The third-order valence-electron chi connectivity index (χ3n) is 3.70. The second-order valence-corrected chi connectivity index (χ2v) is 6.05. The molecule has 3 aromatic rings. The molecule has 2 aromatic carbocycles. The maximum atomic E-state index is 12.3. The summed E-state index contributed by atoms with van der Waals surface area (Å²) in [7, 11) is 0. The van der Waals surface area contributed by atoms with Crippen LogP contribution in [-0.2, 0) is 0 Å². The Labute approximate surface area is 163 Å². The number of primary amides is 1. The highest BCUT2D eigenvalue weighted by molar-refractivity contribution is 6.34. The molecule has 3 rings (SSSR count). The number of amides is 3. The third-order valence-corrected chi connectivity index (χ3v) is 4.01. The summed E-state index contributed by atoms with van der Waals surface area (Å²) in [6.07, 6.45) is 1.20. The Morgan fingerprint density at radius 2 is 1.61 bits per heavy atom. The van der Waals surface area contributed by atoms with Crippen LogP contribution in [0.2, 0.25) is 5.02 Å². The zero-order valence-electron chi connectivity index (χ0n) is 14.2. The number of H-pyrrole nitrogens is 1. The first-order valence-electron chi connectivity index (χ1n) is 7.89. The monoisotopic (exact) mass is 399 g/mol. The lowest BCUT2D eigenvalue weighted by Gasteiger charge is -2.09. The minimum absolute atomic E-state index is 0.0431. The summed E-state index contributed by atoms with van der Waals surface area (Å²) in [4.78, 5) is 42.0. The minimum atomic E-state index is -0.822. The van der Waals surface area contributed by atoms with Crippen LogP contribution in [0.1, 0.15) is 31.3 Å². The molecule has 28 heavy (non-hydrogen) atoms. The molecule has 0 spiro atoms. The number of hydrogen-bond donors (Lipinski definition) is 5. The van der Waals surface area contributed by atoms with Gasteiger partial charge in [-0.2, -0.15) is 0 Å². The largest absolute Gasteiger partial charge is 0.508 e. The summed E-state index contributed by atoms with van der Waals surface area (Å²) in [5.74, 6) is -1.90. The van der Waals surface area contributed by atoms with Gasteiger partial charge < -0.3 is 26.5 Å². The number of carbonyl (C=O) groups excluding carboxylic acids is 3. The lowest BCUT2D eigenvalue weighted by atomic mass is 10.2. The van der Waals surface area contributed by atoms with Crippen LogP contribution in [0.4, 0.5) is 11.4 Å². The molecule has 1 aromatic heterocycles. The number of hydrogen-bond acceptors (Lipinski definition) is 5. The van der Waals surface area contributed by atoms with E-state index in [1.807, 2.05) is 0 Å². The Kier molecular flexibility index (Phi) is 5.28. The highest BCUT2D eigenvalue weighted by Gasteiger charge is 2.18. The zero-order chi connectivity index (χ0) is 20.3. The van der Waals surface area contributed by atoms with Gasteiger partial charge in [0.2, 0.25) is 0 Å². The average molecular weight is 400 g/mol. The Morgan fingerprint density at radius 3 is 2.18 bits per heavy atom. The Bertz CT molecular complexity index is 1060. The molecule has 1 heterocycles. The number of carbonyl (C=O) groups is 3. The van der Waals surface area contributed by atoms with E-state index in [4.69, 9.17) is 17.3 Å². The summed E-state index contributed by atoms with van der Waals surface area (Å²) >= 11 is 5.95. The molecule has 0 saturated heterocycles.